The second-order valence-electron chi connectivity index (χ2n) is 12.2. The minimum atomic E-state index is -0.429. The third-order valence-corrected chi connectivity index (χ3v) is 9.68. The number of hydrogen-bond donors (Lipinski definition) is 1. The van der Waals surface area contributed by atoms with Crippen molar-refractivity contribution in [2.75, 3.05) is 5.73 Å². The van der Waals surface area contributed by atoms with Gasteiger partial charge in [-0.1, -0.05) is 147 Å². The summed E-state index contributed by atoms with van der Waals surface area (Å²) in [6, 6.07) is 64.0. The average molecular weight is 980 g/mol. The average Bonchev–Trinajstić information content (AvgIpc) is 3.25. The van der Waals surface area contributed by atoms with E-state index in [1.54, 1.807) is 24.3 Å². The number of carbonyl (C=O) groups is 1. The molecule has 0 bridgehead atoms. The fourth-order valence-electron chi connectivity index (χ4n) is 5.78. The van der Waals surface area contributed by atoms with E-state index in [-0.39, 0.29) is 40.0 Å². The molecule has 0 radical (unpaired) electrons. The summed E-state index contributed by atoms with van der Waals surface area (Å²) >= 11 is 12.0. The third kappa shape index (κ3) is 12.1. The maximum Gasteiger partial charge on any atom is 2.00 e. The summed E-state index contributed by atoms with van der Waals surface area (Å²) in [5, 5.41) is 13.7. The predicted octanol–water partition coefficient (Wildman–Crippen LogP) is 10.1. The van der Waals surface area contributed by atoms with E-state index >= 15 is 0 Å². The number of nitrogens with zero attached hydrogens (tertiary/aromatic N) is 3. The van der Waals surface area contributed by atoms with E-state index in [1.807, 2.05) is 103 Å². The number of rotatable bonds is 3. The van der Waals surface area contributed by atoms with Crippen LogP contribution in [0.15, 0.2) is 191 Å². The van der Waals surface area contributed by atoms with Crippen LogP contribution >= 0.6 is 43.5 Å². The SMILES string of the molecule is Brc1cccc(-c2nc(-c3ccccc3)c3ccc4ccccc4c3n2)c1.N#Cc1ccc2ccccc2c1N.O=C(Cl)c1cccc(Br)c1.[Br-].[Mg+2].[c-]1ccccc1. The topological polar surface area (TPSA) is 92.7 Å². The first kappa shape index (κ1) is 45.8. The van der Waals surface area contributed by atoms with Gasteiger partial charge in [-0.25, -0.2) is 9.97 Å². The van der Waals surface area contributed by atoms with Gasteiger partial charge in [-0.3, -0.25) is 4.79 Å². The Bertz CT molecular complexity index is 2780. The zero-order valence-corrected chi connectivity index (χ0v) is 37.8. The Morgan fingerprint density at radius 3 is 1.78 bits per heavy atom. The van der Waals surface area contributed by atoms with Gasteiger partial charge in [0.2, 0.25) is 0 Å². The van der Waals surface area contributed by atoms with Crippen LogP contribution in [-0.4, -0.2) is 38.3 Å². The monoisotopic (exact) mass is 976 g/mol. The minimum absolute atomic E-state index is 0. The van der Waals surface area contributed by atoms with Crippen LogP contribution in [0.4, 0.5) is 5.69 Å². The Morgan fingerprint density at radius 2 is 1.19 bits per heavy atom. The van der Waals surface area contributed by atoms with Crippen molar-refractivity contribution in [2.45, 2.75) is 0 Å². The molecule has 0 aliphatic carbocycles. The molecule has 9 rings (SSSR count). The molecule has 0 amide bonds. The van der Waals surface area contributed by atoms with Crippen molar-refractivity contribution in [3.05, 3.63) is 208 Å². The molecule has 1 aromatic heterocycles. The molecule has 58 heavy (non-hydrogen) atoms. The van der Waals surface area contributed by atoms with E-state index in [2.05, 4.69) is 98.6 Å². The van der Waals surface area contributed by atoms with Gasteiger partial charge in [-0.2, -0.15) is 41.7 Å². The van der Waals surface area contributed by atoms with Gasteiger partial charge in [-0.05, 0) is 58.8 Å². The maximum absolute atomic E-state index is 10.5. The Morgan fingerprint density at radius 1 is 0.621 bits per heavy atom. The van der Waals surface area contributed by atoms with Crippen molar-refractivity contribution in [1.82, 2.24) is 9.97 Å². The Labute approximate surface area is 386 Å². The summed E-state index contributed by atoms with van der Waals surface area (Å²) in [7, 11) is 0. The number of halogens is 4. The van der Waals surface area contributed by atoms with Gasteiger partial charge in [0.15, 0.2) is 5.82 Å². The van der Waals surface area contributed by atoms with Crippen molar-refractivity contribution in [3.8, 4) is 28.7 Å². The van der Waals surface area contributed by atoms with Gasteiger partial charge in [0.1, 0.15) is 6.07 Å². The number of fused-ring (bicyclic) bond motifs is 4. The second-order valence-corrected chi connectivity index (χ2v) is 14.4. The molecule has 0 unspecified atom stereocenters. The fourth-order valence-corrected chi connectivity index (χ4v) is 6.70. The van der Waals surface area contributed by atoms with Crippen LogP contribution in [0.25, 0.3) is 55.1 Å². The molecule has 9 aromatic rings. The molecule has 8 aromatic carbocycles. The van der Waals surface area contributed by atoms with Crippen LogP contribution in [0, 0.1) is 17.4 Å². The number of nitriles is 1. The molecular weight excluding hydrogens is 948 g/mol. The molecule has 2 N–H and O–H groups in total. The van der Waals surface area contributed by atoms with Gasteiger partial charge in [0, 0.05) is 41.8 Å². The quantitative estimate of drug-likeness (QED) is 0.0626. The van der Waals surface area contributed by atoms with Gasteiger partial charge in [-0.15, -0.1) is 0 Å². The Balaban J connectivity index is 0.000000199. The van der Waals surface area contributed by atoms with Crippen LogP contribution in [0.1, 0.15) is 15.9 Å². The van der Waals surface area contributed by atoms with Crippen LogP contribution in [0.5, 0.6) is 0 Å². The summed E-state index contributed by atoms with van der Waals surface area (Å²) in [5.41, 5.74) is 11.5. The smallest absolute Gasteiger partial charge is 1.00 e. The normalized spacial score (nSPS) is 9.83. The fraction of sp³-hybridized carbons (Fsp3) is 0. The Kier molecular flexibility index (Phi) is 18.0. The van der Waals surface area contributed by atoms with E-state index in [9.17, 15) is 4.79 Å². The number of carbonyl (C=O) groups excluding carboxylic acids is 1. The van der Waals surface area contributed by atoms with Crippen molar-refractivity contribution in [3.63, 3.8) is 0 Å². The van der Waals surface area contributed by atoms with Crippen LogP contribution in [-0.2, 0) is 0 Å². The molecular formula is C48H32Br3ClMgN4O. The van der Waals surface area contributed by atoms with Crippen molar-refractivity contribution < 1.29 is 21.8 Å². The molecule has 5 nitrogen and oxygen atoms in total. The first-order valence-corrected chi connectivity index (χ1v) is 19.3. The maximum atomic E-state index is 10.5. The van der Waals surface area contributed by atoms with E-state index in [0.717, 1.165) is 58.7 Å². The number of aromatic nitrogens is 2. The van der Waals surface area contributed by atoms with Crippen molar-refractivity contribution in [2.24, 2.45) is 0 Å². The zero-order chi connectivity index (χ0) is 39.3. The molecule has 0 aliphatic rings. The minimum Gasteiger partial charge on any atom is -1.00 e. The number of hydrogen-bond acceptors (Lipinski definition) is 5. The van der Waals surface area contributed by atoms with Crippen molar-refractivity contribution >= 4 is 110 Å². The molecule has 0 spiro atoms. The molecule has 0 atom stereocenters. The van der Waals surface area contributed by atoms with Crippen LogP contribution < -0.4 is 22.7 Å². The molecule has 1 heterocycles. The largest absolute Gasteiger partial charge is 2.00 e. The summed E-state index contributed by atoms with van der Waals surface area (Å²) < 4.78 is 1.88. The summed E-state index contributed by atoms with van der Waals surface area (Å²) in [4.78, 5) is 20.5. The number of benzene rings is 8. The molecule has 0 aliphatic heterocycles. The Hall–Kier alpha value is -4.92. The van der Waals surface area contributed by atoms with Gasteiger partial charge in [0.25, 0.3) is 5.24 Å². The van der Waals surface area contributed by atoms with E-state index in [1.165, 1.54) is 5.39 Å². The second kappa shape index (κ2) is 22.9. The van der Waals surface area contributed by atoms with Gasteiger partial charge in [0.05, 0.1) is 22.5 Å². The van der Waals surface area contributed by atoms with Gasteiger partial charge >= 0.3 is 23.1 Å². The molecule has 10 heteroatoms. The third-order valence-electron chi connectivity index (χ3n) is 8.47. The first-order chi connectivity index (χ1) is 27.3. The predicted molar refractivity (Wildman–Crippen MR) is 244 cm³/mol. The number of nitrogen functional groups attached to an aromatic ring is 1. The standard InChI is InChI=1S/C24H15BrN2.C11H8N2.C7H4BrClO.C6H5.BrH.Mg/c25-19-11-6-10-18(15-19)24-26-22(17-8-2-1-3-9-17)21-14-13-16-7-4-5-12-20(16)23(21)27-24;12-7-9-6-5-8-3-1-2-4-10(8)11(9)13;8-6-3-1-2-5(4-6)7(9)10;1-2-4-6-5-3-1;;/h1-15H;1-6H,13H2;1-4H;1-5H;1H;/q;;;-1;;+2/p-1. The summed E-state index contributed by atoms with van der Waals surface area (Å²) in [6.07, 6.45) is 0. The molecule has 0 saturated heterocycles. The van der Waals surface area contributed by atoms with Crippen LogP contribution in [0.3, 0.4) is 0 Å². The molecule has 280 valence electrons. The molecule has 0 fully saturated rings. The van der Waals surface area contributed by atoms with E-state index in [0.29, 0.717) is 16.8 Å². The van der Waals surface area contributed by atoms with E-state index < -0.39 is 5.24 Å². The van der Waals surface area contributed by atoms with Crippen molar-refractivity contribution in [1.29, 1.82) is 5.26 Å². The van der Waals surface area contributed by atoms with Crippen LogP contribution in [0.2, 0.25) is 0 Å². The van der Waals surface area contributed by atoms with E-state index in [4.69, 9.17) is 32.6 Å². The molecule has 0 saturated carbocycles. The zero-order valence-electron chi connectivity index (χ0n) is 30.9. The summed E-state index contributed by atoms with van der Waals surface area (Å²) in [5.74, 6) is 0.735. The number of anilines is 1. The summed E-state index contributed by atoms with van der Waals surface area (Å²) in [6.45, 7) is 0. The van der Waals surface area contributed by atoms with Gasteiger partial charge < -0.3 is 22.7 Å². The number of nitrogens with two attached hydrogens (primary N) is 1. The first-order valence-electron chi connectivity index (χ1n) is 17.4.